The van der Waals surface area contributed by atoms with Gasteiger partial charge in [0.1, 0.15) is 0 Å². The number of carbonyl (C=O) groups excluding carboxylic acids is 1. The van der Waals surface area contributed by atoms with Crippen molar-refractivity contribution < 1.29 is 9.53 Å². The molecule has 5 heteroatoms. The van der Waals surface area contributed by atoms with Gasteiger partial charge in [0.05, 0.1) is 23.6 Å². The number of piperidine rings is 1. The second kappa shape index (κ2) is 5.76. The van der Waals surface area contributed by atoms with E-state index < -0.39 is 0 Å². The number of esters is 1. The summed E-state index contributed by atoms with van der Waals surface area (Å²) in [4.78, 5) is 18.9. The highest BCUT2D eigenvalue weighted by molar-refractivity contribution is 5.79. The van der Waals surface area contributed by atoms with Gasteiger partial charge in [-0.15, -0.1) is 0 Å². The van der Waals surface area contributed by atoms with E-state index in [2.05, 4.69) is 15.5 Å². The third-order valence-corrected chi connectivity index (χ3v) is 4.09. The number of fused-ring (bicyclic) bond motifs is 1. The minimum Gasteiger partial charge on any atom is -0.466 e. The van der Waals surface area contributed by atoms with Gasteiger partial charge in [0, 0.05) is 20.1 Å². The van der Waals surface area contributed by atoms with E-state index in [1.165, 1.54) is 0 Å². The Morgan fingerprint density at radius 3 is 3.00 bits per heavy atom. The predicted molar refractivity (Wildman–Crippen MR) is 82.3 cm³/mol. The molecular formula is C16H21N3O2. The lowest BCUT2D eigenvalue weighted by Gasteiger charge is -2.32. The number of nitrogens with zero attached hydrogens (tertiary/aromatic N) is 3. The van der Waals surface area contributed by atoms with Gasteiger partial charge in [-0.05, 0) is 31.9 Å². The Morgan fingerprint density at radius 2 is 2.24 bits per heavy atom. The highest BCUT2D eigenvalue weighted by Gasteiger charge is 2.28. The molecule has 0 bridgehead atoms. The van der Waals surface area contributed by atoms with Crippen molar-refractivity contribution in [3.8, 4) is 0 Å². The number of rotatable bonds is 3. The lowest BCUT2D eigenvalue weighted by molar-refractivity contribution is -0.148. The van der Waals surface area contributed by atoms with Gasteiger partial charge in [-0.3, -0.25) is 4.79 Å². The number of anilines is 1. The molecule has 1 aliphatic rings. The highest BCUT2D eigenvalue weighted by atomic mass is 16.5. The number of hydrogen-bond acceptors (Lipinski definition) is 4. The Bertz CT molecular complexity index is 650. The fourth-order valence-electron chi connectivity index (χ4n) is 3.03. The molecular weight excluding hydrogens is 266 g/mol. The van der Waals surface area contributed by atoms with Crippen LogP contribution in [-0.2, 0) is 16.6 Å². The molecule has 2 aromatic rings. The molecule has 1 aliphatic heterocycles. The molecule has 112 valence electrons. The summed E-state index contributed by atoms with van der Waals surface area (Å²) in [5, 5.41) is 0. The first-order valence-corrected chi connectivity index (χ1v) is 7.53. The average molecular weight is 287 g/mol. The molecule has 0 radical (unpaired) electrons. The fourth-order valence-corrected chi connectivity index (χ4v) is 3.03. The molecule has 1 aromatic heterocycles. The molecule has 0 aliphatic carbocycles. The van der Waals surface area contributed by atoms with Crippen LogP contribution in [0.3, 0.4) is 0 Å². The summed E-state index contributed by atoms with van der Waals surface area (Å²) in [5.41, 5.74) is 2.11. The molecule has 0 amide bonds. The Balaban J connectivity index is 1.85. The predicted octanol–water partition coefficient (Wildman–Crippen LogP) is 2.35. The summed E-state index contributed by atoms with van der Waals surface area (Å²) < 4.78 is 7.26. The molecule has 3 rings (SSSR count). The third kappa shape index (κ3) is 2.60. The van der Waals surface area contributed by atoms with E-state index in [0.717, 1.165) is 36.4 Å². The first kappa shape index (κ1) is 13.9. The summed E-state index contributed by atoms with van der Waals surface area (Å²) in [6.45, 7) is 3.93. The molecule has 0 N–H and O–H groups in total. The number of aromatic nitrogens is 2. The van der Waals surface area contributed by atoms with E-state index in [-0.39, 0.29) is 11.9 Å². The quantitative estimate of drug-likeness (QED) is 0.813. The van der Waals surface area contributed by atoms with Crippen LogP contribution < -0.4 is 4.90 Å². The normalized spacial score (nSPS) is 19.0. The van der Waals surface area contributed by atoms with Crippen LogP contribution in [-0.4, -0.2) is 35.2 Å². The second-order valence-corrected chi connectivity index (χ2v) is 5.50. The van der Waals surface area contributed by atoms with Crippen molar-refractivity contribution in [2.24, 2.45) is 13.0 Å². The van der Waals surface area contributed by atoms with Crippen LogP contribution in [0.25, 0.3) is 11.0 Å². The van der Waals surface area contributed by atoms with E-state index in [4.69, 9.17) is 9.72 Å². The smallest absolute Gasteiger partial charge is 0.310 e. The van der Waals surface area contributed by atoms with E-state index in [1.54, 1.807) is 0 Å². The topological polar surface area (TPSA) is 47.4 Å². The minimum absolute atomic E-state index is 0.0430. The van der Waals surface area contributed by atoms with Crippen molar-refractivity contribution in [2.75, 3.05) is 24.6 Å². The molecule has 5 nitrogen and oxygen atoms in total. The Morgan fingerprint density at radius 1 is 1.43 bits per heavy atom. The summed E-state index contributed by atoms with van der Waals surface area (Å²) in [6.07, 6.45) is 1.89. The maximum atomic E-state index is 12.0. The van der Waals surface area contributed by atoms with Gasteiger partial charge >= 0.3 is 5.97 Å². The van der Waals surface area contributed by atoms with Crippen LogP contribution in [0.4, 0.5) is 5.95 Å². The molecule has 21 heavy (non-hydrogen) atoms. The van der Waals surface area contributed by atoms with E-state index in [0.29, 0.717) is 13.2 Å². The van der Waals surface area contributed by atoms with Crippen molar-refractivity contribution >= 4 is 23.0 Å². The molecule has 1 saturated heterocycles. The van der Waals surface area contributed by atoms with Crippen LogP contribution in [0.2, 0.25) is 0 Å². The third-order valence-electron chi connectivity index (χ3n) is 4.09. The van der Waals surface area contributed by atoms with Crippen molar-refractivity contribution in [3.63, 3.8) is 0 Å². The number of aryl methyl sites for hydroxylation is 1. The Kier molecular flexibility index (Phi) is 3.82. The monoisotopic (exact) mass is 287 g/mol. The minimum atomic E-state index is -0.0824. The number of carbonyl (C=O) groups is 1. The van der Waals surface area contributed by atoms with Crippen molar-refractivity contribution in [1.29, 1.82) is 0 Å². The maximum absolute atomic E-state index is 12.0. The summed E-state index contributed by atoms with van der Waals surface area (Å²) in [7, 11) is 2.03. The largest absolute Gasteiger partial charge is 0.466 e. The highest BCUT2D eigenvalue weighted by Crippen LogP contribution is 2.26. The molecule has 2 heterocycles. The number of ether oxygens (including phenoxy) is 1. The van der Waals surface area contributed by atoms with Gasteiger partial charge in [0.15, 0.2) is 0 Å². The van der Waals surface area contributed by atoms with Gasteiger partial charge < -0.3 is 14.2 Å². The van der Waals surface area contributed by atoms with Crippen LogP contribution in [0, 0.1) is 5.92 Å². The van der Waals surface area contributed by atoms with Crippen molar-refractivity contribution in [2.45, 2.75) is 19.8 Å². The number of imidazole rings is 1. The Hall–Kier alpha value is -2.04. The van der Waals surface area contributed by atoms with Gasteiger partial charge in [-0.1, -0.05) is 12.1 Å². The first-order chi connectivity index (χ1) is 10.2. The molecule has 1 aromatic carbocycles. The SMILES string of the molecule is CCOC(=O)C1CCCN(c2nc3ccccc3n2C)C1. The average Bonchev–Trinajstić information content (AvgIpc) is 2.85. The zero-order chi connectivity index (χ0) is 14.8. The van der Waals surface area contributed by atoms with Gasteiger partial charge in [0.25, 0.3) is 0 Å². The van der Waals surface area contributed by atoms with Crippen LogP contribution in [0.5, 0.6) is 0 Å². The number of benzene rings is 1. The zero-order valence-corrected chi connectivity index (χ0v) is 12.6. The summed E-state index contributed by atoms with van der Waals surface area (Å²) >= 11 is 0. The number of hydrogen-bond donors (Lipinski definition) is 0. The molecule has 1 unspecified atom stereocenters. The first-order valence-electron chi connectivity index (χ1n) is 7.53. The summed E-state index contributed by atoms with van der Waals surface area (Å²) in [6, 6.07) is 8.10. The van der Waals surface area contributed by atoms with Crippen LogP contribution >= 0.6 is 0 Å². The van der Waals surface area contributed by atoms with Crippen molar-refractivity contribution in [1.82, 2.24) is 9.55 Å². The summed E-state index contributed by atoms with van der Waals surface area (Å²) in [5.74, 6) is 0.810. The standard InChI is InChI=1S/C16H21N3O2/c1-3-21-15(20)12-7-6-10-19(11-12)16-17-13-8-4-5-9-14(13)18(16)2/h4-5,8-9,12H,3,6-7,10-11H2,1-2H3. The van der Waals surface area contributed by atoms with E-state index >= 15 is 0 Å². The lowest BCUT2D eigenvalue weighted by Crippen LogP contribution is -2.40. The van der Waals surface area contributed by atoms with Crippen molar-refractivity contribution in [3.05, 3.63) is 24.3 Å². The Labute approximate surface area is 124 Å². The lowest BCUT2D eigenvalue weighted by atomic mass is 9.98. The van der Waals surface area contributed by atoms with Gasteiger partial charge in [0.2, 0.25) is 5.95 Å². The second-order valence-electron chi connectivity index (χ2n) is 5.50. The van der Waals surface area contributed by atoms with Gasteiger partial charge in [-0.2, -0.15) is 0 Å². The molecule has 1 atom stereocenters. The molecule has 0 saturated carbocycles. The van der Waals surface area contributed by atoms with Crippen LogP contribution in [0.1, 0.15) is 19.8 Å². The molecule has 0 spiro atoms. The van der Waals surface area contributed by atoms with E-state index in [9.17, 15) is 4.79 Å². The fraction of sp³-hybridized carbons (Fsp3) is 0.500. The number of para-hydroxylation sites is 2. The maximum Gasteiger partial charge on any atom is 0.310 e. The van der Waals surface area contributed by atoms with E-state index in [1.807, 2.05) is 32.2 Å². The zero-order valence-electron chi connectivity index (χ0n) is 12.6. The van der Waals surface area contributed by atoms with Gasteiger partial charge in [-0.25, -0.2) is 4.98 Å². The molecule has 1 fully saturated rings. The van der Waals surface area contributed by atoms with Crippen LogP contribution in [0.15, 0.2) is 24.3 Å².